The van der Waals surface area contributed by atoms with E-state index in [0.29, 0.717) is 36.7 Å². The van der Waals surface area contributed by atoms with Crippen molar-refractivity contribution in [1.29, 1.82) is 0 Å². The molecule has 2 heterocycles. The Balaban J connectivity index is 1.74. The van der Waals surface area contributed by atoms with Crippen LogP contribution in [0.4, 0.5) is 5.69 Å². The van der Waals surface area contributed by atoms with Crippen molar-refractivity contribution >= 4 is 40.9 Å². The first kappa shape index (κ1) is 23.9. The van der Waals surface area contributed by atoms with Gasteiger partial charge in [-0.25, -0.2) is 9.59 Å². The highest BCUT2D eigenvalue weighted by Crippen LogP contribution is 2.32. The van der Waals surface area contributed by atoms with Gasteiger partial charge >= 0.3 is 11.9 Å². The van der Waals surface area contributed by atoms with Gasteiger partial charge in [0.15, 0.2) is 5.11 Å². The van der Waals surface area contributed by atoms with Crippen LogP contribution in [0.1, 0.15) is 52.8 Å². The van der Waals surface area contributed by atoms with E-state index in [1.54, 1.807) is 0 Å². The summed E-state index contributed by atoms with van der Waals surface area (Å²) in [6.07, 6.45) is 4.49. The van der Waals surface area contributed by atoms with Gasteiger partial charge in [-0.3, -0.25) is 9.69 Å². The van der Waals surface area contributed by atoms with Gasteiger partial charge in [-0.05, 0) is 69.2 Å². The third-order valence-electron chi connectivity index (χ3n) is 6.39. The van der Waals surface area contributed by atoms with Crippen molar-refractivity contribution in [2.24, 2.45) is 5.73 Å². The molecule has 1 aromatic carbocycles. The number of ether oxygens (including phenoxy) is 2. The maximum absolute atomic E-state index is 12.4. The Bertz CT molecular complexity index is 892. The van der Waals surface area contributed by atoms with E-state index < -0.39 is 17.5 Å². The summed E-state index contributed by atoms with van der Waals surface area (Å²) in [5, 5.41) is 3.47. The molecule has 0 aromatic heterocycles. The Labute approximate surface area is 193 Å². The molecule has 0 bridgehead atoms. The molecule has 0 radical (unpaired) electrons. The quantitative estimate of drug-likeness (QED) is 0.499. The molecule has 2 aliphatic heterocycles. The minimum absolute atomic E-state index is 0.249. The average Bonchev–Trinajstić information content (AvgIpc) is 2.83. The lowest BCUT2D eigenvalue weighted by Crippen LogP contribution is -2.64. The Morgan fingerprint density at radius 3 is 2.19 bits per heavy atom. The maximum Gasteiger partial charge on any atom is 0.339 e. The number of nitrogens with zero attached hydrogens (tertiary/aromatic N) is 2. The first-order valence-corrected chi connectivity index (χ1v) is 11.1. The molecule has 10 heteroatoms. The standard InChI is InChI=1S/C22H30N4O5S/c1-30-18(27)15-6-7-16(19(28)31-2)17(14-15)24-21(32)25-12-8-22(9-13-25,20(23)29)26-10-4-3-5-11-26/h6-7,14H,3-5,8-13H2,1-2H3,(H2,23,29)(H,24,32). The SMILES string of the molecule is COC(=O)c1ccc(C(=O)OC)c(NC(=S)N2CCC(C(N)=O)(N3CCCCC3)CC2)c1. The number of rotatable bonds is 5. The first-order chi connectivity index (χ1) is 15.3. The van der Waals surface area contributed by atoms with Gasteiger partial charge in [-0.2, -0.15) is 0 Å². The molecular weight excluding hydrogens is 432 g/mol. The number of anilines is 1. The number of esters is 2. The zero-order valence-corrected chi connectivity index (χ0v) is 19.3. The molecule has 3 N–H and O–H groups in total. The number of nitrogens with one attached hydrogen (secondary N) is 1. The lowest BCUT2D eigenvalue weighted by Gasteiger charge is -2.48. The summed E-state index contributed by atoms with van der Waals surface area (Å²) in [6.45, 7) is 2.87. The summed E-state index contributed by atoms with van der Waals surface area (Å²) in [7, 11) is 2.57. The number of primary amides is 1. The van der Waals surface area contributed by atoms with Crippen LogP contribution in [0.3, 0.4) is 0 Å². The highest BCUT2D eigenvalue weighted by atomic mass is 32.1. The number of piperidine rings is 2. The van der Waals surface area contributed by atoms with E-state index in [2.05, 4.69) is 10.2 Å². The van der Waals surface area contributed by atoms with Crippen LogP contribution in [-0.2, 0) is 14.3 Å². The molecule has 32 heavy (non-hydrogen) atoms. The van der Waals surface area contributed by atoms with Gasteiger partial charge < -0.3 is 25.4 Å². The van der Waals surface area contributed by atoms with E-state index in [4.69, 9.17) is 27.4 Å². The molecule has 0 atom stereocenters. The van der Waals surface area contributed by atoms with Crippen LogP contribution in [0.2, 0.25) is 0 Å². The second-order valence-electron chi connectivity index (χ2n) is 8.10. The molecule has 1 aromatic rings. The maximum atomic E-state index is 12.4. The van der Waals surface area contributed by atoms with E-state index in [1.807, 2.05) is 4.90 Å². The van der Waals surface area contributed by atoms with E-state index in [1.165, 1.54) is 38.8 Å². The molecule has 3 rings (SSSR count). The summed E-state index contributed by atoms with van der Waals surface area (Å²) in [5.41, 5.74) is 6.10. The molecule has 0 unspecified atom stereocenters. The van der Waals surface area contributed by atoms with E-state index in [9.17, 15) is 14.4 Å². The zero-order valence-electron chi connectivity index (χ0n) is 18.5. The van der Waals surface area contributed by atoms with Gasteiger partial charge in [0.1, 0.15) is 5.54 Å². The van der Waals surface area contributed by atoms with E-state index >= 15 is 0 Å². The van der Waals surface area contributed by atoms with Gasteiger partial charge in [0.2, 0.25) is 5.91 Å². The first-order valence-electron chi connectivity index (χ1n) is 10.7. The zero-order chi connectivity index (χ0) is 23.3. The Kier molecular flexibility index (Phi) is 7.68. The molecule has 2 aliphatic rings. The molecule has 9 nitrogen and oxygen atoms in total. The number of likely N-dealkylation sites (tertiary alicyclic amines) is 2. The van der Waals surface area contributed by atoms with Gasteiger partial charge in [-0.1, -0.05) is 6.42 Å². The van der Waals surface area contributed by atoms with Crippen molar-refractivity contribution in [3.63, 3.8) is 0 Å². The van der Waals surface area contributed by atoms with Crippen molar-refractivity contribution in [1.82, 2.24) is 9.80 Å². The minimum Gasteiger partial charge on any atom is -0.465 e. The summed E-state index contributed by atoms with van der Waals surface area (Å²) in [6, 6.07) is 4.50. The number of benzene rings is 1. The van der Waals surface area contributed by atoms with Crippen LogP contribution in [0, 0.1) is 0 Å². The third kappa shape index (κ3) is 4.86. The van der Waals surface area contributed by atoms with Crippen molar-refractivity contribution < 1.29 is 23.9 Å². The number of thiocarbonyl (C=S) groups is 1. The summed E-state index contributed by atoms with van der Waals surface area (Å²) < 4.78 is 9.61. The molecule has 174 valence electrons. The lowest BCUT2D eigenvalue weighted by atomic mass is 9.83. The molecule has 0 aliphatic carbocycles. The van der Waals surface area contributed by atoms with Gasteiger partial charge in [0.25, 0.3) is 0 Å². The van der Waals surface area contributed by atoms with Crippen LogP contribution in [-0.4, -0.2) is 78.7 Å². The fraction of sp³-hybridized carbons (Fsp3) is 0.545. The highest BCUT2D eigenvalue weighted by molar-refractivity contribution is 7.80. The van der Waals surface area contributed by atoms with Crippen molar-refractivity contribution in [2.75, 3.05) is 45.7 Å². The molecule has 0 spiro atoms. The Morgan fingerprint density at radius 1 is 1.00 bits per heavy atom. The van der Waals surface area contributed by atoms with Gasteiger partial charge in [0.05, 0.1) is 31.0 Å². The molecule has 2 fully saturated rings. The van der Waals surface area contributed by atoms with Crippen molar-refractivity contribution in [3.8, 4) is 0 Å². The predicted molar refractivity (Wildman–Crippen MR) is 123 cm³/mol. The summed E-state index contributed by atoms with van der Waals surface area (Å²) in [5.74, 6) is -1.36. The molecular formula is C22H30N4O5S. The number of nitrogens with two attached hydrogens (primary N) is 1. The van der Waals surface area contributed by atoms with Crippen molar-refractivity contribution in [3.05, 3.63) is 29.3 Å². The number of hydrogen-bond donors (Lipinski definition) is 2. The monoisotopic (exact) mass is 462 g/mol. The second kappa shape index (κ2) is 10.3. The summed E-state index contributed by atoms with van der Waals surface area (Å²) in [4.78, 5) is 40.8. The normalized spacial score (nSPS) is 18.5. The smallest absolute Gasteiger partial charge is 0.339 e. The number of methoxy groups -OCH3 is 2. The largest absolute Gasteiger partial charge is 0.465 e. The van der Waals surface area contributed by atoms with Crippen LogP contribution in [0.15, 0.2) is 18.2 Å². The van der Waals surface area contributed by atoms with Crippen molar-refractivity contribution in [2.45, 2.75) is 37.6 Å². The van der Waals surface area contributed by atoms with Crippen LogP contribution < -0.4 is 11.1 Å². The second-order valence-corrected chi connectivity index (χ2v) is 8.49. The Hall–Kier alpha value is -2.72. The molecule has 2 saturated heterocycles. The van der Waals surface area contributed by atoms with Crippen LogP contribution >= 0.6 is 12.2 Å². The van der Waals surface area contributed by atoms with Gasteiger partial charge in [-0.15, -0.1) is 0 Å². The molecule has 0 saturated carbocycles. The van der Waals surface area contributed by atoms with Crippen LogP contribution in [0.5, 0.6) is 0 Å². The number of carbonyl (C=O) groups is 3. The lowest BCUT2D eigenvalue weighted by molar-refractivity contribution is -0.134. The van der Waals surface area contributed by atoms with Crippen LogP contribution in [0.25, 0.3) is 0 Å². The Morgan fingerprint density at radius 2 is 1.62 bits per heavy atom. The number of hydrogen-bond acceptors (Lipinski definition) is 7. The fourth-order valence-corrected chi connectivity index (χ4v) is 4.79. The van der Waals surface area contributed by atoms with E-state index in [0.717, 1.165) is 25.9 Å². The van der Waals surface area contributed by atoms with Gasteiger partial charge in [0, 0.05) is 13.1 Å². The summed E-state index contributed by atoms with van der Waals surface area (Å²) >= 11 is 5.59. The minimum atomic E-state index is -0.644. The fourth-order valence-electron chi connectivity index (χ4n) is 4.49. The predicted octanol–water partition coefficient (Wildman–Crippen LogP) is 1.76. The van der Waals surface area contributed by atoms with E-state index in [-0.39, 0.29) is 17.0 Å². The number of carbonyl (C=O) groups excluding carboxylic acids is 3. The number of amides is 1. The topological polar surface area (TPSA) is 114 Å². The third-order valence-corrected chi connectivity index (χ3v) is 6.75. The highest BCUT2D eigenvalue weighted by Gasteiger charge is 2.45. The average molecular weight is 463 g/mol. The molecule has 1 amide bonds.